The molecule has 3 aromatic rings. The normalized spacial score (nSPS) is 12.8. The van der Waals surface area contributed by atoms with E-state index >= 15 is 0 Å². The van der Waals surface area contributed by atoms with Crippen LogP contribution in [0.1, 0.15) is 53.3 Å². The molecule has 2 amide bonds. The first-order chi connectivity index (χ1) is 14.3. The van der Waals surface area contributed by atoms with Crippen LogP contribution in [-0.2, 0) is 11.3 Å². The molecule has 0 aromatic heterocycles. The van der Waals surface area contributed by atoms with Crippen molar-refractivity contribution < 1.29 is 19.1 Å². The van der Waals surface area contributed by atoms with E-state index in [0.717, 1.165) is 22.3 Å². The van der Waals surface area contributed by atoms with Crippen molar-refractivity contribution in [2.24, 2.45) is 0 Å². The van der Waals surface area contributed by atoms with E-state index in [1.165, 1.54) is 23.1 Å². The highest BCUT2D eigenvalue weighted by molar-refractivity contribution is 6.35. The average Bonchev–Trinajstić information content (AvgIpc) is 2.99. The third-order valence-corrected chi connectivity index (χ3v) is 5.22. The summed E-state index contributed by atoms with van der Waals surface area (Å²) in [6.45, 7) is 5.88. The molecule has 150 valence electrons. The van der Waals surface area contributed by atoms with Gasteiger partial charge in [0.15, 0.2) is 0 Å². The molecule has 0 saturated heterocycles. The van der Waals surface area contributed by atoms with Crippen LogP contribution in [0.2, 0.25) is 0 Å². The standard InChI is InChI=1S/C25H21NO4/c1-15-5-8-18(9-6-15)14-30-25(29)19-10-11-20-21(13-19)24(28)26(23(20)27)22-12-16(2)4-7-17(22)3/h4-13H,14H2,1-3H3. The lowest BCUT2D eigenvalue weighted by atomic mass is 10.1. The fourth-order valence-electron chi connectivity index (χ4n) is 3.46. The van der Waals surface area contributed by atoms with Crippen molar-refractivity contribution in [1.29, 1.82) is 0 Å². The van der Waals surface area contributed by atoms with Crippen molar-refractivity contribution in [3.05, 3.63) is 99.6 Å². The van der Waals surface area contributed by atoms with Gasteiger partial charge in [-0.2, -0.15) is 0 Å². The van der Waals surface area contributed by atoms with Crippen LogP contribution < -0.4 is 4.90 Å². The third-order valence-electron chi connectivity index (χ3n) is 5.22. The third kappa shape index (κ3) is 3.50. The van der Waals surface area contributed by atoms with Gasteiger partial charge >= 0.3 is 5.97 Å². The molecule has 0 bridgehead atoms. The fourth-order valence-corrected chi connectivity index (χ4v) is 3.46. The Morgan fingerprint density at radius 2 is 1.47 bits per heavy atom. The van der Waals surface area contributed by atoms with Gasteiger partial charge in [0.05, 0.1) is 22.4 Å². The lowest BCUT2D eigenvalue weighted by molar-refractivity contribution is 0.0472. The Kier molecular flexibility index (Phi) is 4.96. The molecular weight excluding hydrogens is 378 g/mol. The van der Waals surface area contributed by atoms with E-state index in [1.807, 2.05) is 63.2 Å². The summed E-state index contributed by atoms with van der Waals surface area (Å²) in [6.07, 6.45) is 0. The zero-order valence-corrected chi connectivity index (χ0v) is 17.1. The van der Waals surface area contributed by atoms with Gasteiger partial charge in [0, 0.05) is 0 Å². The van der Waals surface area contributed by atoms with E-state index in [4.69, 9.17) is 4.74 Å². The molecule has 0 saturated carbocycles. The van der Waals surface area contributed by atoms with Gasteiger partial charge in [-0.1, -0.05) is 42.0 Å². The molecule has 0 N–H and O–H groups in total. The Morgan fingerprint density at radius 3 is 2.20 bits per heavy atom. The van der Waals surface area contributed by atoms with Crippen molar-refractivity contribution in [2.75, 3.05) is 4.90 Å². The molecule has 0 radical (unpaired) electrons. The topological polar surface area (TPSA) is 63.7 Å². The number of ether oxygens (including phenoxy) is 1. The van der Waals surface area contributed by atoms with Crippen LogP contribution in [0.25, 0.3) is 0 Å². The monoisotopic (exact) mass is 399 g/mol. The van der Waals surface area contributed by atoms with Crippen LogP contribution in [0.3, 0.4) is 0 Å². The molecule has 0 fully saturated rings. The van der Waals surface area contributed by atoms with E-state index in [1.54, 1.807) is 0 Å². The Hall–Kier alpha value is -3.73. The van der Waals surface area contributed by atoms with Crippen LogP contribution in [0.4, 0.5) is 5.69 Å². The van der Waals surface area contributed by atoms with Crippen molar-refractivity contribution >= 4 is 23.5 Å². The quantitative estimate of drug-likeness (QED) is 0.468. The molecule has 0 unspecified atom stereocenters. The van der Waals surface area contributed by atoms with Gasteiger partial charge in [-0.25, -0.2) is 9.69 Å². The van der Waals surface area contributed by atoms with Gasteiger partial charge in [-0.15, -0.1) is 0 Å². The number of hydrogen-bond donors (Lipinski definition) is 0. The number of esters is 1. The zero-order chi connectivity index (χ0) is 21.4. The number of hydrogen-bond acceptors (Lipinski definition) is 4. The van der Waals surface area contributed by atoms with E-state index < -0.39 is 11.9 Å². The summed E-state index contributed by atoms with van der Waals surface area (Å²) in [7, 11) is 0. The van der Waals surface area contributed by atoms with Gasteiger partial charge < -0.3 is 4.74 Å². The number of aryl methyl sites for hydroxylation is 3. The number of nitrogens with zero attached hydrogens (tertiary/aromatic N) is 1. The van der Waals surface area contributed by atoms with Gasteiger partial charge in [0.2, 0.25) is 0 Å². The van der Waals surface area contributed by atoms with Gasteiger partial charge in [-0.05, 0) is 61.7 Å². The molecule has 4 rings (SSSR count). The average molecular weight is 399 g/mol. The number of benzene rings is 3. The van der Waals surface area contributed by atoms with E-state index in [2.05, 4.69) is 0 Å². The smallest absolute Gasteiger partial charge is 0.338 e. The summed E-state index contributed by atoms with van der Waals surface area (Å²) < 4.78 is 5.37. The number of rotatable bonds is 4. The predicted molar refractivity (Wildman–Crippen MR) is 114 cm³/mol. The van der Waals surface area contributed by atoms with Crippen LogP contribution in [0.15, 0.2) is 60.7 Å². The second-order valence-corrected chi connectivity index (χ2v) is 7.56. The molecule has 3 aromatic carbocycles. The Bertz CT molecular complexity index is 1180. The summed E-state index contributed by atoms with van der Waals surface area (Å²) >= 11 is 0. The van der Waals surface area contributed by atoms with Crippen molar-refractivity contribution in [2.45, 2.75) is 27.4 Å². The molecule has 5 heteroatoms. The van der Waals surface area contributed by atoms with Crippen LogP contribution in [0.5, 0.6) is 0 Å². The first kappa shape index (κ1) is 19.6. The van der Waals surface area contributed by atoms with E-state index in [0.29, 0.717) is 5.69 Å². The first-order valence-electron chi connectivity index (χ1n) is 9.68. The molecule has 0 aliphatic carbocycles. The van der Waals surface area contributed by atoms with Gasteiger partial charge in [0.25, 0.3) is 11.8 Å². The minimum atomic E-state index is -0.538. The molecule has 1 aliphatic heterocycles. The Labute approximate surface area is 174 Å². The molecule has 0 spiro atoms. The maximum absolute atomic E-state index is 13.0. The van der Waals surface area contributed by atoms with Crippen molar-refractivity contribution in [3.8, 4) is 0 Å². The lowest BCUT2D eigenvalue weighted by Crippen LogP contribution is -2.30. The second-order valence-electron chi connectivity index (χ2n) is 7.56. The number of imide groups is 1. The highest BCUT2D eigenvalue weighted by Crippen LogP contribution is 2.32. The van der Waals surface area contributed by atoms with Crippen LogP contribution in [-0.4, -0.2) is 17.8 Å². The summed E-state index contributed by atoms with van der Waals surface area (Å²) in [5.41, 5.74) is 5.08. The lowest BCUT2D eigenvalue weighted by Gasteiger charge is -2.17. The molecule has 1 aliphatic rings. The fraction of sp³-hybridized carbons (Fsp3) is 0.160. The summed E-state index contributed by atoms with van der Waals surface area (Å²) in [5.74, 6) is -1.36. The largest absolute Gasteiger partial charge is 0.457 e. The Morgan fingerprint density at radius 1 is 0.800 bits per heavy atom. The Balaban J connectivity index is 1.57. The molecule has 30 heavy (non-hydrogen) atoms. The molecule has 1 heterocycles. The van der Waals surface area contributed by atoms with Gasteiger partial charge in [0.1, 0.15) is 6.61 Å². The molecule has 0 atom stereocenters. The highest BCUT2D eigenvalue weighted by atomic mass is 16.5. The number of anilines is 1. The highest BCUT2D eigenvalue weighted by Gasteiger charge is 2.38. The van der Waals surface area contributed by atoms with Gasteiger partial charge in [-0.3, -0.25) is 9.59 Å². The molecular formula is C25H21NO4. The van der Waals surface area contributed by atoms with E-state index in [9.17, 15) is 14.4 Å². The predicted octanol–water partition coefficient (Wildman–Crippen LogP) is 4.77. The minimum absolute atomic E-state index is 0.137. The number of fused-ring (bicyclic) bond motifs is 1. The first-order valence-corrected chi connectivity index (χ1v) is 9.68. The minimum Gasteiger partial charge on any atom is -0.457 e. The summed E-state index contributed by atoms with van der Waals surface area (Å²) in [5, 5.41) is 0. The van der Waals surface area contributed by atoms with Crippen LogP contribution >= 0.6 is 0 Å². The second kappa shape index (κ2) is 7.59. The van der Waals surface area contributed by atoms with Crippen LogP contribution in [0, 0.1) is 20.8 Å². The number of carbonyl (C=O) groups is 3. The number of carbonyl (C=O) groups excluding carboxylic acids is 3. The SMILES string of the molecule is Cc1ccc(COC(=O)c2ccc3c(c2)C(=O)N(c2cc(C)ccc2C)C3=O)cc1. The summed E-state index contributed by atoms with van der Waals surface area (Å²) in [4.78, 5) is 39.6. The summed E-state index contributed by atoms with van der Waals surface area (Å²) in [6, 6.07) is 17.8. The maximum atomic E-state index is 13.0. The number of amides is 2. The van der Waals surface area contributed by atoms with E-state index in [-0.39, 0.29) is 29.2 Å². The molecule has 5 nitrogen and oxygen atoms in total. The van der Waals surface area contributed by atoms with Crippen molar-refractivity contribution in [3.63, 3.8) is 0 Å². The van der Waals surface area contributed by atoms with Crippen molar-refractivity contribution in [1.82, 2.24) is 0 Å². The maximum Gasteiger partial charge on any atom is 0.338 e. The zero-order valence-electron chi connectivity index (χ0n) is 17.1.